The molecule has 2 saturated heterocycles. The molecule has 1 unspecified atom stereocenters. The van der Waals surface area contributed by atoms with Gasteiger partial charge in [0.2, 0.25) is 11.7 Å². The molecule has 9 nitrogen and oxygen atoms in total. The van der Waals surface area contributed by atoms with Crippen molar-refractivity contribution in [3.05, 3.63) is 41.5 Å². The van der Waals surface area contributed by atoms with Gasteiger partial charge in [-0.2, -0.15) is 0 Å². The van der Waals surface area contributed by atoms with Crippen LogP contribution in [0, 0.1) is 0 Å². The van der Waals surface area contributed by atoms with Gasteiger partial charge in [0.1, 0.15) is 5.65 Å². The zero-order chi connectivity index (χ0) is 22.8. The molecule has 2 fully saturated rings. The molecule has 1 N–H and O–H groups in total. The van der Waals surface area contributed by atoms with Crippen LogP contribution in [0.5, 0.6) is 0 Å². The van der Waals surface area contributed by atoms with Crippen LogP contribution >= 0.6 is 0 Å². The Labute approximate surface area is 192 Å². The fourth-order valence-electron chi connectivity index (χ4n) is 5.03. The summed E-state index contributed by atoms with van der Waals surface area (Å²) in [5.41, 5.74) is 1.75. The van der Waals surface area contributed by atoms with E-state index in [0.29, 0.717) is 18.3 Å². The molecule has 5 heterocycles. The van der Waals surface area contributed by atoms with Crippen molar-refractivity contribution in [1.82, 2.24) is 19.8 Å². The fraction of sp³-hybridized carbons (Fsp3) is 0.542. The van der Waals surface area contributed by atoms with E-state index in [-0.39, 0.29) is 18.0 Å². The van der Waals surface area contributed by atoms with Gasteiger partial charge in [-0.1, -0.05) is 0 Å². The number of fused-ring (bicyclic) bond motifs is 1. The number of pyridine rings is 1. The van der Waals surface area contributed by atoms with E-state index in [4.69, 9.17) is 14.2 Å². The average molecular weight is 455 g/mol. The topological polar surface area (TPSA) is 97.0 Å². The Balaban J connectivity index is 1.32. The highest BCUT2D eigenvalue weighted by Crippen LogP contribution is 2.32. The summed E-state index contributed by atoms with van der Waals surface area (Å²) in [6.45, 7) is 6.88. The number of carbonyl (C=O) groups is 2. The maximum absolute atomic E-state index is 13.3. The number of ether oxygens (including phenoxy) is 3. The lowest BCUT2D eigenvalue weighted by atomic mass is 10.0. The number of Topliss-reactive ketones (excluding diaryl/α,β-unsaturated/α-hetero) is 1. The molecule has 3 aliphatic rings. The summed E-state index contributed by atoms with van der Waals surface area (Å²) in [5.74, 6) is -0.533. The van der Waals surface area contributed by atoms with Gasteiger partial charge in [0, 0.05) is 56.4 Å². The Bertz CT molecular complexity index is 1050. The normalized spacial score (nSPS) is 22.8. The predicted molar refractivity (Wildman–Crippen MR) is 120 cm³/mol. The number of aromatic nitrogens is 2. The van der Waals surface area contributed by atoms with Crippen LogP contribution in [-0.2, 0) is 30.2 Å². The molecule has 2 aromatic heterocycles. The molecular weight excluding hydrogens is 424 g/mol. The molecule has 0 saturated carbocycles. The predicted octanol–water partition coefficient (Wildman–Crippen LogP) is 1.64. The second-order valence-electron chi connectivity index (χ2n) is 8.66. The van der Waals surface area contributed by atoms with Crippen molar-refractivity contribution in [2.45, 2.75) is 38.3 Å². The number of piperidine rings is 1. The van der Waals surface area contributed by atoms with E-state index in [0.717, 1.165) is 68.8 Å². The largest absolute Gasteiger partial charge is 0.466 e. The van der Waals surface area contributed by atoms with Crippen molar-refractivity contribution in [3.8, 4) is 0 Å². The first-order valence-corrected chi connectivity index (χ1v) is 11.8. The van der Waals surface area contributed by atoms with E-state index in [1.165, 1.54) is 0 Å². The first kappa shape index (κ1) is 21.9. The molecule has 0 spiro atoms. The number of rotatable bonds is 6. The maximum Gasteiger partial charge on any atom is 0.347 e. The van der Waals surface area contributed by atoms with E-state index in [9.17, 15) is 9.59 Å². The van der Waals surface area contributed by atoms with Gasteiger partial charge in [-0.25, -0.2) is 9.78 Å². The summed E-state index contributed by atoms with van der Waals surface area (Å²) in [6.07, 6.45) is 5.09. The van der Waals surface area contributed by atoms with Crippen LogP contribution in [0.2, 0.25) is 0 Å². The Kier molecular flexibility index (Phi) is 6.32. The molecule has 0 bridgehead atoms. The van der Waals surface area contributed by atoms with Crippen molar-refractivity contribution >= 4 is 22.8 Å². The van der Waals surface area contributed by atoms with Crippen LogP contribution in [-0.4, -0.2) is 89.7 Å². The molecule has 2 aromatic rings. The summed E-state index contributed by atoms with van der Waals surface area (Å²) >= 11 is 0. The van der Waals surface area contributed by atoms with Gasteiger partial charge < -0.3 is 24.1 Å². The van der Waals surface area contributed by atoms with Crippen molar-refractivity contribution in [3.63, 3.8) is 0 Å². The number of aromatic amines is 1. The third kappa shape index (κ3) is 4.35. The van der Waals surface area contributed by atoms with Gasteiger partial charge in [0.25, 0.3) is 0 Å². The molecule has 0 aliphatic carbocycles. The molecule has 176 valence electrons. The minimum absolute atomic E-state index is 0.0460. The molecule has 3 aliphatic heterocycles. The van der Waals surface area contributed by atoms with Crippen molar-refractivity contribution in [2.24, 2.45) is 0 Å². The van der Waals surface area contributed by atoms with E-state index < -0.39 is 12.1 Å². The van der Waals surface area contributed by atoms with Gasteiger partial charge in [-0.05, 0) is 37.5 Å². The number of carbonyl (C=O) groups excluding carboxylic acids is 2. The first-order valence-electron chi connectivity index (χ1n) is 11.8. The lowest BCUT2D eigenvalue weighted by Gasteiger charge is -2.40. The maximum atomic E-state index is 13.3. The number of esters is 1. The number of nitrogens with one attached hydrogen (secondary N) is 1. The standard InChI is InChI=1S/C24H30N4O5/c1-2-32-24(30)20-21(29)19(14-16-15-26-22-18(16)4-3-7-25-22)33-23(20)28-8-5-17(6-9-28)27-10-12-31-13-11-27/h3-4,7,15,17,19H,2,5-6,8-14H2,1H3,(H,25,26). The Morgan fingerprint density at radius 1 is 1.24 bits per heavy atom. The third-order valence-electron chi connectivity index (χ3n) is 6.74. The molecular formula is C24H30N4O5. The number of hydrogen-bond acceptors (Lipinski definition) is 8. The molecule has 0 aromatic carbocycles. The monoisotopic (exact) mass is 454 g/mol. The van der Waals surface area contributed by atoms with Crippen molar-refractivity contribution in [2.75, 3.05) is 46.0 Å². The summed E-state index contributed by atoms with van der Waals surface area (Å²) < 4.78 is 16.9. The number of nitrogens with zero attached hydrogens (tertiary/aromatic N) is 3. The summed E-state index contributed by atoms with van der Waals surface area (Å²) in [5, 5.41) is 0.950. The lowest BCUT2D eigenvalue weighted by Crippen LogP contribution is -2.49. The summed E-state index contributed by atoms with van der Waals surface area (Å²) in [4.78, 5) is 38.0. The van der Waals surface area contributed by atoms with Crippen LogP contribution in [0.25, 0.3) is 11.0 Å². The van der Waals surface area contributed by atoms with Crippen LogP contribution in [0.15, 0.2) is 36.0 Å². The summed E-state index contributed by atoms with van der Waals surface area (Å²) in [7, 11) is 0. The quantitative estimate of drug-likeness (QED) is 0.520. The molecule has 0 radical (unpaired) electrons. The van der Waals surface area contributed by atoms with Crippen LogP contribution in [0.1, 0.15) is 25.3 Å². The summed E-state index contributed by atoms with van der Waals surface area (Å²) in [6, 6.07) is 4.32. The number of morpholine rings is 1. The van der Waals surface area contributed by atoms with Gasteiger partial charge in [-0.3, -0.25) is 9.69 Å². The highest BCUT2D eigenvalue weighted by atomic mass is 16.5. The molecule has 0 amide bonds. The SMILES string of the molecule is CCOC(=O)C1=C(N2CCC(N3CCOCC3)CC2)OC(Cc2c[nH]c3ncccc23)C1=O. The second kappa shape index (κ2) is 9.52. The van der Waals surface area contributed by atoms with Crippen molar-refractivity contribution in [1.29, 1.82) is 0 Å². The van der Waals surface area contributed by atoms with Gasteiger partial charge in [0.15, 0.2) is 11.7 Å². The lowest BCUT2D eigenvalue weighted by molar-refractivity contribution is -0.140. The third-order valence-corrected chi connectivity index (χ3v) is 6.74. The van der Waals surface area contributed by atoms with E-state index in [2.05, 4.69) is 14.9 Å². The molecule has 1 atom stereocenters. The first-order chi connectivity index (χ1) is 16.2. The van der Waals surface area contributed by atoms with E-state index in [1.54, 1.807) is 13.1 Å². The van der Waals surface area contributed by atoms with Crippen molar-refractivity contribution < 1.29 is 23.8 Å². The zero-order valence-corrected chi connectivity index (χ0v) is 18.9. The highest BCUT2D eigenvalue weighted by Gasteiger charge is 2.43. The molecule has 9 heteroatoms. The number of ketones is 1. The minimum Gasteiger partial charge on any atom is -0.466 e. The minimum atomic E-state index is -0.754. The highest BCUT2D eigenvalue weighted by molar-refractivity contribution is 6.20. The van der Waals surface area contributed by atoms with Gasteiger partial charge >= 0.3 is 5.97 Å². The fourth-order valence-corrected chi connectivity index (χ4v) is 5.03. The Hall–Kier alpha value is -2.91. The van der Waals surface area contributed by atoms with Gasteiger partial charge in [-0.15, -0.1) is 0 Å². The number of H-pyrrole nitrogens is 1. The average Bonchev–Trinajstić information content (AvgIpc) is 3.41. The van der Waals surface area contributed by atoms with Crippen LogP contribution in [0.3, 0.4) is 0 Å². The van der Waals surface area contributed by atoms with Crippen LogP contribution < -0.4 is 0 Å². The molecule has 33 heavy (non-hydrogen) atoms. The number of likely N-dealkylation sites (tertiary alicyclic amines) is 1. The van der Waals surface area contributed by atoms with E-state index in [1.807, 2.05) is 23.2 Å². The van der Waals surface area contributed by atoms with Gasteiger partial charge in [0.05, 0.1) is 19.8 Å². The Morgan fingerprint density at radius 3 is 2.79 bits per heavy atom. The van der Waals surface area contributed by atoms with E-state index >= 15 is 0 Å². The smallest absolute Gasteiger partial charge is 0.347 e. The second-order valence-corrected chi connectivity index (χ2v) is 8.66. The Morgan fingerprint density at radius 2 is 2.03 bits per heavy atom. The van der Waals surface area contributed by atoms with Crippen LogP contribution in [0.4, 0.5) is 0 Å². The molecule has 5 rings (SSSR count). The number of hydrogen-bond donors (Lipinski definition) is 1. The zero-order valence-electron chi connectivity index (χ0n) is 18.9.